The van der Waals surface area contributed by atoms with Crippen molar-refractivity contribution in [3.8, 4) is 6.07 Å². The van der Waals surface area contributed by atoms with E-state index in [0.717, 1.165) is 11.1 Å². The molecule has 2 amide bonds. The normalized spacial score (nSPS) is 25.3. The largest absolute Gasteiger partial charge is 0.444 e. The average molecular weight is 596 g/mol. The maximum absolute atomic E-state index is 14.6. The second-order valence-electron chi connectivity index (χ2n) is 12.5. The molecule has 43 heavy (non-hydrogen) atoms. The van der Waals surface area contributed by atoms with Crippen molar-refractivity contribution in [3.63, 3.8) is 0 Å². The molecule has 3 aromatic rings. The lowest BCUT2D eigenvalue weighted by atomic mass is 9.85. The molecule has 1 unspecified atom stereocenters. The molecular formula is C33H33N5O4S. The fraction of sp³-hybridized carbons (Fsp3) is 0.364. The maximum atomic E-state index is 14.6. The zero-order valence-corrected chi connectivity index (χ0v) is 25.1. The number of thiophene rings is 1. The van der Waals surface area contributed by atoms with Gasteiger partial charge in [-0.2, -0.15) is 16.6 Å². The highest BCUT2D eigenvalue weighted by Gasteiger charge is 2.65. The molecule has 0 spiro atoms. The van der Waals surface area contributed by atoms with Gasteiger partial charge in [-0.25, -0.2) is 4.79 Å². The van der Waals surface area contributed by atoms with Crippen LogP contribution in [0.25, 0.3) is 0 Å². The van der Waals surface area contributed by atoms with Gasteiger partial charge in [0.1, 0.15) is 17.0 Å². The van der Waals surface area contributed by atoms with Gasteiger partial charge in [0.05, 0.1) is 11.6 Å². The van der Waals surface area contributed by atoms with Gasteiger partial charge in [-0.3, -0.25) is 19.5 Å². The number of fused-ring (bicyclic) bond motifs is 1. The molecular weight excluding hydrogens is 562 g/mol. The van der Waals surface area contributed by atoms with Gasteiger partial charge in [-0.05, 0) is 85.1 Å². The number of aromatic nitrogens is 1. The van der Waals surface area contributed by atoms with Crippen molar-refractivity contribution in [2.24, 2.45) is 11.8 Å². The molecule has 1 aromatic carbocycles. The first-order chi connectivity index (χ1) is 20.6. The number of rotatable bonds is 7. The van der Waals surface area contributed by atoms with Gasteiger partial charge in [-0.1, -0.05) is 0 Å². The second kappa shape index (κ2) is 11.0. The van der Waals surface area contributed by atoms with Crippen LogP contribution in [0, 0.1) is 23.2 Å². The summed E-state index contributed by atoms with van der Waals surface area (Å²) in [6.07, 6.45) is 5.44. The summed E-state index contributed by atoms with van der Waals surface area (Å²) in [5.74, 6) is 0.291. The molecule has 2 aromatic heterocycles. The Bertz CT molecular complexity index is 1600. The molecule has 10 heteroatoms. The third-order valence-corrected chi connectivity index (χ3v) is 8.99. The second-order valence-corrected chi connectivity index (χ2v) is 13.3. The summed E-state index contributed by atoms with van der Waals surface area (Å²) in [4.78, 5) is 48.5. The molecule has 6 rings (SSSR count). The van der Waals surface area contributed by atoms with Crippen molar-refractivity contribution in [1.29, 1.82) is 5.26 Å². The number of allylic oxidation sites excluding steroid dienone is 1. The van der Waals surface area contributed by atoms with Gasteiger partial charge >= 0.3 is 6.09 Å². The number of ketones is 1. The van der Waals surface area contributed by atoms with Crippen LogP contribution in [0.3, 0.4) is 0 Å². The van der Waals surface area contributed by atoms with Gasteiger partial charge in [-0.15, -0.1) is 0 Å². The van der Waals surface area contributed by atoms with Crippen LogP contribution in [0.15, 0.2) is 77.5 Å². The van der Waals surface area contributed by atoms with E-state index >= 15 is 0 Å². The number of benzene rings is 1. The summed E-state index contributed by atoms with van der Waals surface area (Å²) in [6.45, 7) is 6.52. The molecule has 0 bridgehead atoms. The molecule has 1 aliphatic carbocycles. The monoisotopic (exact) mass is 595 g/mol. The fourth-order valence-corrected chi connectivity index (χ4v) is 6.93. The lowest BCUT2D eigenvalue weighted by Gasteiger charge is -2.29. The van der Waals surface area contributed by atoms with Crippen LogP contribution in [0.5, 0.6) is 0 Å². The molecule has 1 saturated carbocycles. The summed E-state index contributed by atoms with van der Waals surface area (Å²) in [6, 6.07) is 14.2. The first-order valence-corrected chi connectivity index (χ1v) is 15.3. The SMILES string of the molecule is CC(C)(C)OC(=O)N1C[C@@H]2[C@H](C1)[C@H]2N1C(=O)C(Cc2ccncc2)(Cc2ccsc2)NC1=CC(=O)c1ccc(C#N)cc1. The number of nitriles is 1. The number of carbonyl (C=O) groups is 3. The highest BCUT2D eigenvalue weighted by Crippen LogP contribution is 2.52. The van der Waals surface area contributed by atoms with E-state index in [9.17, 15) is 14.4 Å². The molecule has 3 fully saturated rings. The molecule has 1 N–H and O–H groups in total. The number of nitrogens with one attached hydrogen (secondary N) is 1. The molecule has 4 heterocycles. The Kier molecular flexibility index (Phi) is 7.30. The van der Waals surface area contributed by atoms with Crippen molar-refractivity contribution >= 4 is 29.1 Å². The van der Waals surface area contributed by atoms with Gasteiger partial charge < -0.3 is 15.0 Å². The Morgan fingerprint density at radius 1 is 1.09 bits per heavy atom. The third-order valence-electron chi connectivity index (χ3n) is 8.26. The van der Waals surface area contributed by atoms with Crippen LogP contribution in [0.4, 0.5) is 4.79 Å². The fourth-order valence-electron chi connectivity index (χ4n) is 6.26. The average Bonchev–Trinajstić information content (AvgIpc) is 3.35. The van der Waals surface area contributed by atoms with E-state index in [0.29, 0.717) is 42.9 Å². The Morgan fingerprint density at radius 2 is 1.77 bits per heavy atom. The summed E-state index contributed by atoms with van der Waals surface area (Å²) >= 11 is 1.58. The van der Waals surface area contributed by atoms with E-state index in [4.69, 9.17) is 10.00 Å². The van der Waals surface area contributed by atoms with Crippen molar-refractivity contribution in [1.82, 2.24) is 20.1 Å². The van der Waals surface area contributed by atoms with E-state index in [1.807, 2.05) is 49.7 Å². The Hall–Kier alpha value is -4.49. The van der Waals surface area contributed by atoms with Gasteiger partial charge in [0.2, 0.25) is 0 Å². The molecule has 9 nitrogen and oxygen atoms in total. The summed E-state index contributed by atoms with van der Waals surface area (Å²) in [5, 5.41) is 16.7. The predicted octanol–water partition coefficient (Wildman–Crippen LogP) is 4.56. The van der Waals surface area contributed by atoms with Crippen LogP contribution in [-0.2, 0) is 22.4 Å². The van der Waals surface area contributed by atoms with E-state index in [-0.39, 0.29) is 35.7 Å². The van der Waals surface area contributed by atoms with E-state index < -0.39 is 11.1 Å². The first-order valence-electron chi connectivity index (χ1n) is 14.3. The quantitative estimate of drug-likeness (QED) is 0.315. The van der Waals surface area contributed by atoms with Crippen molar-refractivity contribution in [2.45, 2.75) is 50.8 Å². The smallest absolute Gasteiger partial charge is 0.410 e. The predicted molar refractivity (Wildman–Crippen MR) is 161 cm³/mol. The topological polar surface area (TPSA) is 116 Å². The van der Waals surface area contributed by atoms with Crippen LogP contribution in [-0.4, -0.2) is 62.8 Å². The zero-order chi connectivity index (χ0) is 30.4. The zero-order valence-electron chi connectivity index (χ0n) is 24.3. The summed E-state index contributed by atoms with van der Waals surface area (Å²) in [7, 11) is 0. The Morgan fingerprint density at radius 3 is 2.37 bits per heavy atom. The number of ether oxygens (including phenoxy) is 1. The number of nitrogens with zero attached hydrogens (tertiary/aromatic N) is 4. The van der Waals surface area contributed by atoms with E-state index in [1.54, 1.807) is 57.8 Å². The van der Waals surface area contributed by atoms with Gasteiger partial charge in [0.25, 0.3) is 5.91 Å². The van der Waals surface area contributed by atoms with Crippen LogP contribution >= 0.6 is 11.3 Å². The number of amides is 2. The van der Waals surface area contributed by atoms with E-state index in [2.05, 4.69) is 16.4 Å². The molecule has 3 aliphatic rings. The number of hydrogen-bond acceptors (Lipinski definition) is 8. The lowest BCUT2D eigenvalue weighted by molar-refractivity contribution is -0.132. The van der Waals surface area contributed by atoms with E-state index in [1.165, 1.54) is 6.08 Å². The van der Waals surface area contributed by atoms with Crippen LogP contribution < -0.4 is 5.32 Å². The minimum Gasteiger partial charge on any atom is -0.444 e. The third kappa shape index (κ3) is 5.77. The molecule has 0 radical (unpaired) electrons. The Labute approximate surface area is 254 Å². The van der Waals surface area contributed by atoms with Gasteiger partial charge in [0, 0.05) is 67.8 Å². The van der Waals surface area contributed by atoms with Crippen LogP contribution in [0.2, 0.25) is 0 Å². The van der Waals surface area contributed by atoms with Crippen molar-refractivity contribution < 1.29 is 19.1 Å². The first kappa shape index (κ1) is 28.6. The Balaban J connectivity index is 1.33. The number of pyridine rings is 1. The lowest BCUT2D eigenvalue weighted by Crippen LogP contribution is -2.51. The standard InChI is InChI=1S/C33H33N5O4S/c1-32(2,3)42-31(41)37-18-25-26(19-37)29(25)38-28(14-27(39)24-6-4-22(17-34)5-7-24)36-33(30(38)40,16-23-10-13-43-20-23)15-21-8-11-35-12-9-21/h4-14,20,25-26,29,36H,15-16,18-19H2,1-3H3/t25-,26+,29+,33?. The minimum absolute atomic E-state index is 0.0855. The van der Waals surface area contributed by atoms with Crippen LogP contribution in [0.1, 0.15) is 47.8 Å². The molecule has 4 atom stereocenters. The number of likely N-dealkylation sites (tertiary alicyclic amines) is 1. The molecule has 220 valence electrons. The molecule has 2 saturated heterocycles. The number of carbonyl (C=O) groups excluding carboxylic acids is 3. The summed E-state index contributed by atoms with van der Waals surface area (Å²) in [5.41, 5.74) is 1.28. The highest BCUT2D eigenvalue weighted by atomic mass is 32.1. The maximum Gasteiger partial charge on any atom is 0.410 e. The molecule has 2 aliphatic heterocycles. The highest BCUT2D eigenvalue weighted by molar-refractivity contribution is 7.07. The number of piperidine rings is 1. The van der Waals surface area contributed by atoms with Gasteiger partial charge in [0.15, 0.2) is 5.78 Å². The minimum atomic E-state index is -1.01. The van der Waals surface area contributed by atoms with Crippen molar-refractivity contribution in [3.05, 3.63) is 99.8 Å². The van der Waals surface area contributed by atoms with Crippen molar-refractivity contribution in [2.75, 3.05) is 13.1 Å². The summed E-state index contributed by atoms with van der Waals surface area (Å²) < 4.78 is 5.58. The number of hydrogen-bond donors (Lipinski definition) is 1.